The number of nitriles is 1. The highest BCUT2D eigenvalue weighted by Crippen LogP contribution is 2.45. The summed E-state index contributed by atoms with van der Waals surface area (Å²) in [7, 11) is 1.65. The summed E-state index contributed by atoms with van der Waals surface area (Å²) in [5, 5.41) is 9.09. The fourth-order valence-electron chi connectivity index (χ4n) is 3.02. The van der Waals surface area contributed by atoms with E-state index in [1.165, 1.54) is 4.90 Å². The van der Waals surface area contributed by atoms with Crippen molar-refractivity contribution in [2.45, 2.75) is 25.8 Å². The fourth-order valence-corrected chi connectivity index (χ4v) is 4.31. The predicted octanol–water partition coefficient (Wildman–Crippen LogP) is 3.31. The van der Waals surface area contributed by atoms with Crippen LogP contribution in [0.15, 0.2) is 41.4 Å². The maximum absolute atomic E-state index is 12.4. The quantitative estimate of drug-likeness (QED) is 0.920. The van der Waals surface area contributed by atoms with Crippen molar-refractivity contribution in [1.82, 2.24) is 4.90 Å². The highest BCUT2D eigenvalue weighted by Gasteiger charge is 2.43. The molecular weight excluding hydrogens is 332 g/mol. The Labute approximate surface area is 151 Å². The number of hydrogen-bond acceptors (Lipinski definition) is 5. The molecule has 1 unspecified atom stereocenters. The first-order valence-electron chi connectivity index (χ1n) is 8.10. The Balaban J connectivity index is 2.07. The molecule has 1 atom stereocenters. The van der Waals surface area contributed by atoms with Gasteiger partial charge in [-0.15, -0.1) is 11.3 Å². The van der Waals surface area contributed by atoms with Gasteiger partial charge >= 0.3 is 0 Å². The lowest BCUT2D eigenvalue weighted by molar-refractivity contribution is -0.129. The smallest absolute Gasteiger partial charge is 0.231 e. The number of carbonyl (C=O) groups is 1. The molecule has 0 spiro atoms. The molecule has 1 aliphatic heterocycles. The summed E-state index contributed by atoms with van der Waals surface area (Å²) in [6, 6.07) is 13.7. The number of guanidine groups is 1. The largest absolute Gasteiger partial charge is 0.369 e. The molecule has 5 nitrogen and oxygen atoms in total. The lowest BCUT2D eigenvalue weighted by Gasteiger charge is -2.38. The second kappa shape index (κ2) is 6.34. The maximum atomic E-state index is 12.4. The van der Waals surface area contributed by atoms with Crippen molar-refractivity contribution in [2.75, 3.05) is 7.05 Å². The third-order valence-electron chi connectivity index (χ3n) is 4.72. The van der Waals surface area contributed by atoms with Gasteiger partial charge in [-0.3, -0.25) is 9.69 Å². The van der Waals surface area contributed by atoms with Crippen molar-refractivity contribution in [3.8, 4) is 16.5 Å². The molecule has 25 heavy (non-hydrogen) atoms. The number of hydrogen-bond donors (Lipinski definition) is 1. The number of aliphatic imine (C=N–C) groups is 1. The van der Waals surface area contributed by atoms with Crippen molar-refractivity contribution in [1.29, 1.82) is 5.26 Å². The Morgan fingerprint density at radius 1 is 1.36 bits per heavy atom. The van der Waals surface area contributed by atoms with Gasteiger partial charge < -0.3 is 5.73 Å². The van der Waals surface area contributed by atoms with Crippen molar-refractivity contribution in [3.05, 3.63) is 46.8 Å². The molecule has 2 N–H and O–H groups in total. The third-order valence-corrected chi connectivity index (χ3v) is 6.02. The van der Waals surface area contributed by atoms with Crippen LogP contribution in [-0.2, 0) is 10.3 Å². The monoisotopic (exact) mass is 352 g/mol. The third kappa shape index (κ3) is 2.92. The summed E-state index contributed by atoms with van der Waals surface area (Å²) < 4.78 is 0. The van der Waals surface area contributed by atoms with Crippen LogP contribution in [0.25, 0.3) is 10.4 Å². The molecule has 1 aliphatic rings. The number of amides is 1. The van der Waals surface area contributed by atoms with Gasteiger partial charge in [0.05, 0.1) is 18.1 Å². The zero-order chi connectivity index (χ0) is 18.2. The van der Waals surface area contributed by atoms with E-state index in [-0.39, 0.29) is 17.8 Å². The van der Waals surface area contributed by atoms with Gasteiger partial charge in [0.1, 0.15) is 5.54 Å². The van der Waals surface area contributed by atoms with Gasteiger partial charge in [0, 0.05) is 16.8 Å². The van der Waals surface area contributed by atoms with Crippen LogP contribution in [0.1, 0.15) is 30.7 Å². The van der Waals surface area contributed by atoms with Crippen LogP contribution in [0.2, 0.25) is 0 Å². The van der Waals surface area contributed by atoms with Crippen LogP contribution in [0, 0.1) is 17.2 Å². The van der Waals surface area contributed by atoms with Gasteiger partial charge in [0.2, 0.25) is 5.91 Å². The summed E-state index contributed by atoms with van der Waals surface area (Å²) in [5.41, 5.74) is 6.98. The Morgan fingerprint density at radius 3 is 2.76 bits per heavy atom. The molecule has 1 aromatic carbocycles. The summed E-state index contributed by atoms with van der Waals surface area (Å²) >= 11 is 1.60. The first-order valence-corrected chi connectivity index (χ1v) is 8.92. The van der Waals surface area contributed by atoms with E-state index in [2.05, 4.69) is 19.9 Å². The summed E-state index contributed by atoms with van der Waals surface area (Å²) in [6.45, 7) is 4.12. The first-order chi connectivity index (χ1) is 11.9. The van der Waals surface area contributed by atoms with Gasteiger partial charge in [-0.1, -0.05) is 26.0 Å². The lowest BCUT2D eigenvalue weighted by Crippen LogP contribution is -2.50. The van der Waals surface area contributed by atoms with Gasteiger partial charge in [-0.25, -0.2) is 4.99 Å². The Hall–Kier alpha value is -2.65. The zero-order valence-electron chi connectivity index (χ0n) is 14.5. The average molecular weight is 352 g/mol. The molecule has 0 saturated carbocycles. The number of benzene rings is 1. The van der Waals surface area contributed by atoms with E-state index >= 15 is 0 Å². The molecule has 0 bridgehead atoms. The molecule has 1 amide bonds. The van der Waals surface area contributed by atoms with Crippen LogP contribution in [0.5, 0.6) is 0 Å². The molecule has 0 fully saturated rings. The SMILES string of the molecule is CC(C)C1(c2ccc(-c3cccc(C#N)c3)s2)CC(=O)N(C)C(N)=N1. The predicted molar refractivity (Wildman–Crippen MR) is 100.0 cm³/mol. The minimum Gasteiger partial charge on any atom is -0.369 e. The van der Waals surface area contributed by atoms with E-state index in [9.17, 15) is 4.79 Å². The fraction of sp³-hybridized carbons (Fsp3) is 0.316. The molecule has 0 saturated heterocycles. The van der Waals surface area contributed by atoms with Crippen LogP contribution in [-0.4, -0.2) is 23.8 Å². The summed E-state index contributed by atoms with van der Waals surface area (Å²) in [6.07, 6.45) is 0.306. The van der Waals surface area contributed by atoms with Gasteiger partial charge in [0.25, 0.3) is 0 Å². The van der Waals surface area contributed by atoms with E-state index in [4.69, 9.17) is 16.0 Å². The molecule has 0 radical (unpaired) electrons. The van der Waals surface area contributed by atoms with Crippen LogP contribution in [0.4, 0.5) is 0 Å². The highest BCUT2D eigenvalue weighted by atomic mass is 32.1. The highest BCUT2D eigenvalue weighted by molar-refractivity contribution is 7.15. The molecule has 3 rings (SSSR count). The van der Waals surface area contributed by atoms with Gasteiger partial charge in [-0.2, -0.15) is 5.26 Å². The standard InChI is InChI=1S/C19H20N4OS/c1-12(2)19(10-17(24)23(3)18(21)22-19)16-8-7-15(25-16)14-6-4-5-13(9-14)11-20/h4-9,12H,10H2,1-3H3,(H2,21,22). The summed E-state index contributed by atoms with van der Waals surface area (Å²) in [5.74, 6) is 0.356. The van der Waals surface area contributed by atoms with E-state index in [1.54, 1.807) is 24.5 Å². The van der Waals surface area contributed by atoms with Crippen LogP contribution >= 0.6 is 11.3 Å². The van der Waals surface area contributed by atoms with Crippen molar-refractivity contribution >= 4 is 23.2 Å². The minimum atomic E-state index is -0.635. The number of nitrogens with zero attached hydrogens (tertiary/aromatic N) is 3. The van der Waals surface area contributed by atoms with Crippen LogP contribution in [0.3, 0.4) is 0 Å². The second-order valence-electron chi connectivity index (χ2n) is 6.53. The number of nitrogens with two attached hydrogens (primary N) is 1. The van der Waals surface area contributed by atoms with E-state index in [1.807, 2.05) is 30.3 Å². The zero-order valence-corrected chi connectivity index (χ0v) is 15.3. The van der Waals surface area contributed by atoms with Gasteiger partial charge in [-0.05, 0) is 35.7 Å². The average Bonchev–Trinajstić information content (AvgIpc) is 3.09. The molecule has 128 valence electrons. The molecule has 0 aliphatic carbocycles. The van der Waals surface area contributed by atoms with Crippen molar-refractivity contribution in [3.63, 3.8) is 0 Å². The van der Waals surface area contributed by atoms with E-state index in [0.717, 1.165) is 15.3 Å². The molecule has 1 aromatic heterocycles. The number of thiophene rings is 1. The van der Waals surface area contributed by atoms with Gasteiger partial charge in [0.15, 0.2) is 5.96 Å². The van der Waals surface area contributed by atoms with Crippen molar-refractivity contribution < 1.29 is 4.79 Å². The molecule has 2 aromatic rings. The minimum absolute atomic E-state index is 0.0253. The van der Waals surface area contributed by atoms with E-state index in [0.29, 0.717) is 12.0 Å². The molecule has 2 heterocycles. The first kappa shape index (κ1) is 17.2. The molecule has 6 heteroatoms. The maximum Gasteiger partial charge on any atom is 0.231 e. The number of rotatable bonds is 3. The number of carbonyl (C=O) groups excluding carboxylic acids is 1. The topological polar surface area (TPSA) is 82.5 Å². The summed E-state index contributed by atoms with van der Waals surface area (Å²) in [4.78, 5) is 20.6. The molecular formula is C19H20N4OS. The Morgan fingerprint density at radius 2 is 2.12 bits per heavy atom. The second-order valence-corrected chi connectivity index (χ2v) is 7.62. The van der Waals surface area contributed by atoms with Crippen LogP contribution < -0.4 is 5.73 Å². The Kier molecular flexibility index (Phi) is 4.36. The normalized spacial score (nSPS) is 20.5. The van der Waals surface area contributed by atoms with E-state index < -0.39 is 5.54 Å². The lowest BCUT2D eigenvalue weighted by atomic mass is 9.81. The Bertz CT molecular complexity index is 893. The van der Waals surface area contributed by atoms with Crippen molar-refractivity contribution in [2.24, 2.45) is 16.6 Å².